The topological polar surface area (TPSA) is 34.1 Å². The molecular formula is C14H26O2. The van der Waals surface area contributed by atoms with Crippen LogP contribution in [0.5, 0.6) is 0 Å². The number of rotatable bonds is 10. The highest BCUT2D eigenvalue weighted by molar-refractivity contribution is 5.81. The maximum atomic E-state index is 11.6. The minimum Gasteiger partial charge on any atom is -0.303 e. The largest absolute Gasteiger partial charge is 0.303 e. The quantitative estimate of drug-likeness (QED) is 0.531. The minimum atomic E-state index is -0.0356. The molecule has 0 heterocycles. The molecule has 0 fully saturated rings. The van der Waals surface area contributed by atoms with Crippen molar-refractivity contribution in [2.24, 2.45) is 11.8 Å². The summed E-state index contributed by atoms with van der Waals surface area (Å²) in [5, 5.41) is 0. The fourth-order valence-electron chi connectivity index (χ4n) is 1.79. The summed E-state index contributed by atoms with van der Waals surface area (Å²) < 4.78 is 0. The van der Waals surface area contributed by atoms with Gasteiger partial charge < -0.3 is 4.79 Å². The molecule has 0 saturated heterocycles. The van der Waals surface area contributed by atoms with Gasteiger partial charge in [0.25, 0.3) is 0 Å². The van der Waals surface area contributed by atoms with Crippen LogP contribution in [0.3, 0.4) is 0 Å². The Morgan fingerprint density at radius 1 is 1.19 bits per heavy atom. The average molecular weight is 226 g/mol. The van der Waals surface area contributed by atoms with Crippen molar-refractivity contribution in [2.45, 2.75) is 65.7 Å². The van der Waals surface area contributed by atoms with Gasteiger partial charge in [0.05, 0.1) is 0 Å². The van der Waals surface area contributed by atoms with E-state index >= 15 is 0 Å². The van der Waals surface area contributed by atoms with Gasteiger partial charge in [-0.25, -0.2) is 0 Å². The molecule has 0 rings (SSSR count). The Bertz CT molecular complexity index is 197. The summed E-state index contributed by atoms with van der Waals surface area (Å²) in [7, 11) is 0. The summed E-state index contributed by atoms with van der Waals surface area (Å²) in [5.41, 5.74) is 0. The van der Waals surface area contributed by atoms with Crippen molar-refractivity contribution in [3.05, 3.63) is 0 Å². The van der Waals surface area contributed by atoms with Crippen molar-refractivity contribution < 1.29 is 9.59 Å². The SMILES string of the molecule is CCCCC(C=O)CC(=O)CCCC(C)C. The van der Waals surface area contributed by atoms with Gasteiger partial charge in [0, 0.05) is 18.8 Å². The zero-order valence-corrected chi connectivity index (χ0v) is 11.0. The van der Waals surface area contributed by atoms with Crippen LogP contribution in [-0.2, 0) is 9.59 Å². The normalized spacial score (nSPS) is 12.8. The lowest BCUT2D eigenvalue weighted by molar-refractivity contribution is -0.123. The van der Waals surface area contributed by atoms with E-state index < -0.39 is 0 Å². The molecule has 0 spiro atoms. The van der Waals surface area contributed by atoms with Gasteiger partial charge in [-0.05, 0) is 18.8 Å². The lowest BCUT2D eigenvalue weighted by Gasteiger charge is -2.09. The monoisotopic (exact) mass is 226 g/mol. The van der Waals surface area contributed by atoms with Crippen molar-refractivity contribution in [1.29, 1.82) is 0 Å². The third-order valence-corrected chi connectivity index (χ3v) is 2.85. The highest BCUT2D eigenvalue weighted by Crippen LogP contribution is 2.14. The Kier molecular flexibility index (Phi) is 9.16. The summed E-state index contributed by atoms with van der Waals surface area (Å²) >= 11 is 0. The Morgan fingerprint density at radius 2 is 1.88 bits per heavy atom. The molecule has 1 atom stereocenters. The van der Waals surface area contributed by atoms with Crippen molar-refractivity contribution in [1.82, 2.24) is 0 Å². The second-order valence-electron chi connectivity index (χ2n) is 5.07. The number of hydrogen-bond acceptors (Lipinski definition) is 2. The first kappa shape index (κ1) is 15.3. The van der Waals surface area contributed by atoms with E-state index in [1.54, 1.807) is 0 Å². The molecule has 0 amide bonds. The molecule has 0 aliphatic heterocycles. The number of carbonyl (C=O) groups is 2. The molecule has 0 aromatic heterocycles. The number of aldehydes is 1. The molecule has 0 aromatic rings. The fourth-order valence-corrected chi connectivity index (χ4v) is 1.79. The smallest absolute Gasteiger partial charge is 0.133 e. The summed E-state index contributed by atoms with van der Waals surface area (Å²) in [5.74, 6) is 0.884. The average Bonchev–Trinajstić information content (AvgIpc) is 2.23. The van der Waals surface area contributed by atoms with Crippen LogP contribution in [0.15, 0.2) is 0 Å². The molecule has 16 heavy (non-hydrogen) atoms. The molecule has 2 nitrogen and oxygen atoms in total. The van der Waals surface area contributed by atoms with E-state index in [0.717, 1.165) is 38.4 Å². The third-order valence-electron chi connectivity index (χ3n) is 2.85. The van der Waals surface area contributed by atoms with Gasteiger partial charge in [-0.15, -0.1) is 0 Å². The highest BCUT2D eigenvalue weighted by atomic mass is 16.1. The molecule has 0 aromatic carbocycles. The number of hydrogen-bond donors (Lipinski definition) is 0. The maximum Gasteiger partial charge on any atom is 0.133 e. The van der Waals surface area contributed by atoms with Crippen molar-refractivity contribution in [3.63, 3.8) is 0 Å². The van der Waals surface area contributed by atoms with Gasteiger partial charge in [0.2, 0.25) is 0 Å². The lowest BCUT2D eigenvalue weighted by Crippen LogP contribution is -2.10. The second-order valence-corrected chi connectivity index (χ2v) is 5.07. The molecule has 2 heteroatoms. The molecule has 0 bridgehead atoms. The van der Waals surface area contributed by atoms with Crippen LogP contribution in [0.2, 0.25) is 0 Å². The zero-order valence-electron chi connectivity index (χ0n) is 11.0. The molecule has 0 radical (unpaired) electrons. The molecule has 0 aliphatic rings. The van der Waals surface area contributed by atoms with E-state index in [1.165, 1.54) is 0 Å². The lowest BCUT2D eigenvalue weighted by atomic mass is 9.95. The zero-order chi connectivity index (χ0) is 12.4. The van der Waals surface area contributed by atoms with Crippen LogP contribution in [0, 0.1) is 11.8 Å². The van der Waals surface area contributed by atoms with Crippen molar-refractivity contribution >= 4 is 12.1 Å². The molecule has 1 unspecified atom stereocenters. The third kappa shape index (κ3) is 8.63. The van der Waals surface area contributed by atoms with Crippen LogP contribution < -0.4 is 0 Å². The van der Waals surface area contributed by atoms with E-state index in [4.69, 9.17) is 0 Å². The van der Waals surface area contributed by atoms with Gasteiger partial charge in [0.15, 0.2) is 0 Å². The maximum absolute atomic E-state index is 11.6. The Labute approximate surface area is 99.8 Å². The van der Waals surface area contributed by atoms with Gasteiger partial charge in [0.1, 0.15) is 12.1 Å². The summed E-state index contributed by atoms with van der Waals surface area (Å²) in [4.78, 5) is 22.4. The predicted octanol–water partition coefficient (Wildman–Crippen LogP) is 3.78. The highest BCUT2D eigenvalue weighted by Gasteiger charge is 2.12. The Hall–Kier alpha value is -0.660. The Morgan fingerprint density at radius 3 is 2.38 bits per heavy atom. The Balaban J connectivity index is 3.69. The standard InChI is InChI=1S/C14H26O2/c1-4-5-8-13(11-15)10-14(16)9-6-7-12(2)3/h11-13H,4-10H2,1-3H3. The van der Waals surface area contributed by atoms with E-state index in [-0.39, 0.29) is 11.7 Å². The van der Waals surface area contributed by atoms with Crippen LogP contribution in [0.25, 0.3) is 0 Å². The van der Waals surface area contributed by atoms with E-state index in [9.17, 15) is 9.59 Å². The molecule has 94 valence electrons. The van der Waals surface area contributed by atoms with Crippen molar-refractivity contribution in [2.75, 3.05) is 0 Å². The van der Waals surface area contributed by atoms with E-state index in [2.05, 4.69) is 20.8 Å². The first-order valence-electron chi connectivity index (χ1n) is 6.57. The fraction of sp³-hybridized carbons (Fsp3) is 0.857. The number of unbranched alkanes of at least 4 members (excludes halogenated alkanes) is 1. The van der Waals surface area contributed by atoms with E-state index in [0.29, 0.717) is 18.8 Å². The second kappa shape index (κ2) is 9.56. The van der Waals surface area contributed by atoms with Crippen LogP contribution in [0.1, 0.15) is 65.7 Å². The number of ketones is 1. The molecule has 0 aliphatic carbocycles. The first-order chi connectivity index (χ1) is 7.60. The van der Waals surface area contributed by atoms with Crippen LogP contribution in [-0.4, -0.2) is 12.1 Å². The van der Waals surface area contributed by atoms with Gasteiger partial charge in [-0.2, -0.15) is 0 Å². The van der Waals surface area contributed by atoms with Gasteiger partial charge in [-0.1, -0.05) is 40.0 Å². The first-order valence-corrected chi connectivity index (χ1v) is 6.57. The molecular weight excluding hydrogens is 200 g/mol. The van der Waals surface area contributed by atoms with Crippen LogP contribution >= 0.6 is 0 Å². The summed E-state index contributed by atoms with van der Waals surface area (Å²) in [6.07, 6.45) is 7.14. The summed E-state index contributed by atoms with van der Waals surface area (Å²) in [6, 6.07) is 0. The minimum absolute atomic E-state index is 0.0356. The van der Waals surface area contributed by atoms with Gasteiger partial charge >= 0.3 is 0 Å². The van der Waals surface area contributed by atoms with E-state index in [1.807, 2.05) is 0 Å². The number of Topliss-reactive ketones (excluding diaryl/α,β-unsaturated/α-hetero) is 1. The van der Waals surface area contributed by atoms with Gasteiger partial charge in [-0.3, -0.25) is 4.79 Å². The molecule has 0 saturated carbocycles. The molecule has 0 N–H and O–H groups in total. The predicted molar refractivity (Wildman–Crippen MR) is 67.4 cm³/mol. The summed E-state index contributed by atoms with van der Waals surface area (Å²) in [6.45, 7) is 6.44. The van der Waals surface area contributed by atoms with Crippen molar-refractivity contribution in [3.8, 4) is 0 Å². The van der Waals surface area contributed by atoms with Crippen LogP contribution in [0.4, 0.5) is 0 Å². The number of carbonyl (C=O) groups excluding carboxylic acids is 2.